The molecule has 2 aromatic rings. The van der Waals surface area contributed by atoms with Crippen LogP contribution in [0.5, 0.6) is 17.2 Å². The number of ether oxygens (including phenoxy) is 3. The average molecular weight is 414 g/mol. The molecule has 0 spiro atoms. The Morgan fingerprint density at radius 3 is 1.57 bits per heavy atom. The summed E-state index contributed by atoms with van der Waals surface area (Å²) in [6, 6.07) is 12.2. The predicted octanol–water partition coefficient (Wildman–Crippen LogP) is 4.35. The van der Waals surface area contributed by atoms with Crippen LogP contribution in [0.1, 0.15) is 38.8 Å². The van der Waals surface area contributed by atoms with Gasteiger partial charge in [-0.3, -0.25) is 0 Å². The largest absolute Gasteiger partial charge is 0.497 e. The minimum absolute atomic E-state index is 0.246. The molecule has 2 rings (SSSR count). The molecular formula is C23H26O7. The van der Waals surface area contributed by atoms with Gasteiger partial charge < -0.3 is 24.4 Å². The number of hydrogen-bond donors (Lipinski definition) is 2. The molecular weight excluding hydrogens is 388 g/mol. The van der Waals surface area contributed by atoms with Crippen LogP contribution in [0.25, 0.3) is 12.2 Å². The van der Waals surface area contributed by atoms with Gasteiger partial charge in [0.05, 0.1) is 7.11 Å². The fraction of sp³-hybridized carbons (Fsp3) is 0.304. The lowest BCUT2D eigenvalue weighted by molar-refractivity contribution is -0.152. The van der Waals surface area contributed by atoms with Crippen molar-refractivity contribution in [3.63, 3.8) is 0 Å². The van der Waals surface area contributed by atoms with Crippen LogP contribution in [0.15, 0.2) is 42.5 Å². The molecule has 7 heteroatoms. The highest BCUT2D eigenvalue weighted by Gasteiger charge is 2.31. The molecule has 0 amide bonds. The summed E-state index contributed by atoms with van der Waals surface area (Å²) in [4.78, 5) is 22.8. The molecule has 7 nitrogen and oxygen atoms in total. The lowest BCUT2D eigenvalue weighted by Crippen LogP contribution is -2.38. The van der Waals surface area contributed by atoms with E-state index < -0.39 is 23.1 Å². The molecule has 0 aliphatic rings. The highest BCUT2D eigenvalue weighted by Crippen LogP contribution is 2.30. The third-order valence-corrected chi connectivity index (χ3v) is 4.26. The number of rotatable bonds is 9. The molecule has 0 saturated carbocycles. The molecule has 0 atom stereocenters. The van der Waals surface area contributed by atoms with Crippen LogP contribution in [-0.4, -0.2) is 40.5 Å². The van der Waals surface area contributed by atoms with Crippen molar-refractivity contribution in [3.05, 3.63) is 53.6 Å². The van der Waals surface area contributed by atoms with E-state index in [1.54, 1.807) is 25.3 Å². The van der Waals surface area contributed by atoms with E-state index in [9.17, 15) is 19.8 Å². The van der Waals surface area contributed by atoms with Gasteiger partial charge in [0.25, 0.3) is 0 Å². The normalized spacial score (nSPS) is 11.9. The summed E-state index contributed by atoms with van der Waals surface area (Å²) in [5.41, 5.74) is -1.38. The second-order valence-corrected chi connectivity index (χ2v) is 7.68. The molecule has 0 radical (unpaired) electrons. The predicted molar refractivity (Wildman–Crippen MR) is 113 cm³/mol. The van der Waals surface area contributed by atoms with Crippen molar-refractivity contribution in [3.8, 4) is 17.2 Å². The summed E-state index contributed by atoms with van der Waals surface area (Å²) in [6.45, 7) is 5.71. The van der Waals surface area contributed by atoms with Crippen LogP contribution < -0.4 is 14.2 Å². The molecule has 0 bridgehead atoms. The van der Waals surface area contributed by atoms with E-state index in [1.165, 1.54) is 33.8 Å². The third-order valence-electron chi connectivity index (χ3n) is 4.26. The topological polar surface area (TPSA) is 102 Å². The van der Waals surface area contributed by atoms with E-state index in [4.69, 9.17) is 14.2 Å². The summed E-state index contributed by atoms with van der Waals surface area (Å²) in [5, 5.41) is 18.7. The van der Waals surface area contributed by atoms with Crippen LogP contribution in [0, 0.1) is 0 Å². The summed E-state index contributed by atoms with van der Waals surface area (Å²) < 4.78 is 16.4. The van der Waals surface area contributed by atoms with E-state index in [-0.39, 0.29) is 11.5 Å². The standard InChI is InChI=1S/C23H26O7/c1-22(2,20(24)25)29-18-12-16(7-6-15-8-10-17(28-5)11-9-15)13-19(14-18)30-23(3,4)21(26)27/h6-14H,1-5H3,(H,24,25)(H,26,27)/b7-6+. The van der Waals surface area contributed by atoms with E-state index in [0.717, 1.165) is 11.3 Å². The Morgan fingerprint density at radius 2 is 1.17 bits per heavy atom. The van der Waals surface area contributed by atoms with Crippen molar-refractivity contribution >= 4 is 24.1 Å². The van der Waals surface area contributed by atoms with Gasteiger partial charge in [0, 0.05) is 6.07 Å². The van der Waals surface area contributed by atoms with Gasteiger partial charge in [0.15, 0.2) is 11.2 Å². The van der Waals surface area contributed by atoms with Crippen molar-refractivity contribution in [1.29, 1.82) is 0 Å². The fourth-order valence-electron chi connectivity index (χ4n) is 2.39. The maximum absolute atomic E-state index is 11.4. The Labute approximate surface area is 175 Å². The summed E-state index contributed by atoms with van der Waals surface area (Å²) in [5.74, 6) is -1.03. The Morgan fingerprint density at radius 1 is 0.733 bits per heavy atom. The lowest BCUT2D eigenvalue weighted by Gasteiger charge is -2.24. The van der Waals surface area contributed by atoms with Gasteiger partial charge in [0.2, 0.25) is 0 Å². The number of carbonyl (C=O) groups is 2. The van der Waals surface area contributed by atoms with E-state index >= 15 is 0 Å². The molecule has 0 aromatic heterocycles. The van der Waals surface area contributed by atoms with Crippen LogP contribution >= 0.6 is 0 Å². The minimum Gasteiger partial charge on any atom is -0.497 e. The summed E-state index contributed by atoms with van der Waals surface area (Å²) in [6.07, 6.45) is 3.65. The van der Waals surface area contributed by atoms with E-state index in [2.05, 4.69) is 0 Å². The van der Waals surface area contributed by atoms with Gasteiger partial charge in [-0.25, -0.2) is 9.59 Å². The van der Waals surface area contributed by atoms with Crippen LogP contribution in [0.2, 0.25) is 0 Å². The maximum Gasteiger partial charge on any atom is 0.347 e. The van der Waals surface area contributed by atoms with E-state index in [1.807, 2.05) is 30.3 Å². The van der Waals surface area contributed by atoms with Crippen LogP contribution in [-0.2, 0) is 9.59 Å². The van der Waals surface area contributed by atoms with Crippen LogP contribution in [0.4, 0.5) is 0 Å². The average Bonchev–Trinajstić information content (AvgIpc) is 2.65. The van der Waals surface area contributed by atoms with Gasteiger partial charge >= 0.3 is 11.9 Å². The number of benzene rings is 2. The van der Waals surface area contributed by atoms with Crippen molar-refractivity contribution < 1.29 is 34.0 Å². The first-order valence-corrected chi connectivity index (χ1v) is 9.25. The fourth-order valence-corrected chi connectivity index (χ4v) is 2.39. The SMILES string of the molecule is COc1ccc(/C=C/c2cc(OC(C)(C)C(=O)O)cc(OC(C)(C)C(=O)O)c2)cc1. The first kappa shape index (κ1) is 22.8. The van der Waals surface area contributed by atoms with Gasteiger partial charge in [-0.1, -0.05) is 24.3 Å². The zero-order chi connectivity index (χ0) is 22.5. The number of hydrogen-bond acceptors (Lipinski definition) is 5. The van der Waals surface area contributed by atoms with Gasteiger partial charge in [-0.05, 0) is 63.1 Å². The summed E-state index contributed by atoms with van der Waals surface area (Å²) in [7, 11) is 1.59. The smallest absolute Gasteiger partial charge is 0.347 e. The molecule has 160 valence electrons. The highest BCUT2D eigenvalue weighted by molar-refractivity contribution is 5.78. The second kappa shape index (κ2) is 8.90. The van der Waals surface area contributed by atoms with Crippen molar-refractivity contribution in [2.45, 2.75) is 38.9 Å². The first-order valence-electron chi connectivity index (χ1n) is 9.25. The molecule has 30 heavy (non-hydrogen) atoms. The van der Waals surface area contributed by atoms with Crippen molar-refractivity contribution in [2.75, 3.05) is 7.11 Å². The van der Waals surface area contributed by atoms with Gasteiger partial charge in [-0.15, -0.1) is 0 Å². The second-order valence-electron chi connectivity index (χ2n) is 7.68. The monoisotopic (exact) mass is 414 g/mol. The Balaban J connectivity index is 2.40. The van der Waals surface area contributed by atoms with Gasteiger partial charge in [0.1, 0.15) is 17.2 Å². The number of aliphatic carboxylic acids is 2. The zero-order valence-electron chi connectivity index (χ0n) is 17.6. The van der Waals surface area contributed by atoms with Crippen molar-refractivity contribution in [2.24, 2.45) is 0 Å². The Bertz CT molecular complexity index is 894. The number of carboxylic acid groups (broad SMARTS) is 2. The van der Waals surface area contributed by atoms with Crippen LogP contribution in [0.3, 0.4) is 0 Å². The molecule has 2 aromatic carbocycles. The third kappa shape index (κ3) is 6.01. The molecule has 0 aliphatic heterocycles. The van der Waals surface area contributed by atoms with Gasteiger partial charge in [-0.2, -0.15) is 0 Å². The number of carboxylic acids is 2. The van der Waals surface area contributed by atoms with E-state index in [0.29, 0.717) is 5.56 Å². The minimum atomic E-state index is -1.47. The molecule has 0 unspecified atom stereocenters. The molecule has 0 heterocycles. The molecule has 2 N–H and O–H groups in total. The molecule has 0 aliphatic carbocycles. The Kier molecular flexibility index (Phi) is 6.77. The quantitative estimate of drug-likeness (QED) is 0.588. The Hall–Kier alpha value is -3.48. The zero-order valence-corrected chi connectivity index (χ0v) is 17.6. The first-order chi connectivity index (χ1) is 13.9. The highest BCUT2D eigenvalue weighted by atomic mass is 16.5. The molecule has 0 fully saturated rings. The maximum atomic E-state index is 11.4. The lowest BCUT2D eigenvalue weighted by atomic mass is 10.1. The van der Waals surface area contributed by atoms with Crippen molar-refractivity contribution in [1.82, 2.24) is 0 Å². The number of methoxy groups -OCH3 is 1. The summed E-state index contributed by atoms with van der Waals surface area (Å²) >= 11 is 0. The molecule has 0 saturated heterocycles.